The Morgan fingerprint density at radius 1 is 1.29 bits per heavy atom. The first-order chi connectivity index (χ1) is 9.95. The van der Waals surface area contributed by atoms with Crippen LogP contribution in [-0.4, -0.2) is 36.6 Å². The van der Waals surface area contributed by atoms with Gasteiger partial charge in [-0.05, 0) is 39.2 Å². The number of hydrogen-bond acceptors (Lipinski definition) is 3. The highest BCUT2D eigenvalue weighted by molar-refractivity contribution is 9.10. The topological polar surface area (TPSA) is 29.5 Å². The monoisotopic (exact) mass is 365 g/mol. The summed E-state index contributed by atoms with van der Waals surface area (Å²) in [4.78, 5) is 13.7. The van der Waals surface area contributed by atoms with E-state index in [-0.39, 0.29) is 12.5 Å². The quantitative estimate of drug-likeness (QED) is 0.612. The number of esters is 1. The zero-order valence-electron chi connectivity index (χ0n) is 12.1. The summed E-state index contributed by atoms with van der Waals surface area (Å²) in [6.45, 7) is 2.19. The Labute approximate surface area is 138 Å². The Hall–Kier alpha value is -1.46. The maximum absolute atomic E-state index is 11.4. The van der Waals surface area contributed by atoms with Crippen molar-refractivity contribution in [2.75, 3.05) is 20.7 Å². The van der Waals surface area contributed by atoms with Crippen molar-refractivity contribution in [1.82, 2.24) is 4.90 Å². The van der Waals surface area contributed by atoms with Crippen LogP contribution < -0.4 is 0 Å². The lowest BCUT2D eigenvalue weighted by Gasteiger charge is -2.20. The van der Waals surface area contributed by atoms with E-state index >= 15 is 0 Å². The SMILES string of the molecule is COC(=O)CN(C)C(=S)c1cccc2c(Br)c(C)ccc12. The van der Waals surface area contributed by atoms with Gasteiger partial charge in [-0.2, -0.15) is 0 Å². The molecule has 0 saturated carbocycles. The Bertz CT molecular complexity index is 715. The Morgan fingerprint density at radius 2 is 2.00 bits per heavy atom. The summed E-state index contributed by atoms with van der Waals surface area (Å²) >= 11 is 9.14. The van der Waals surface area contributed by atoms with Gasteiger partial charge >= 0.3 is 5.97 Å². The van der Waals surface area contributed by atoms with Crippen LogP contribution in [0.25, 0.3) is 10.8 Å². The van der Waals surface area contributed by atoms with E-state index in [9.17, 15) is 4.79 Å². The molecule has 0 radical (unpaired) electrons. The van der Waals surface area contributed by atoms with Crippen LogP contribution in [-0.2, 0) is 9.53 Å². The summed E-state index contributed by atoms with van der Waals surface area (Å²) in [5, 5.41) is 2.18. The standard InChI is InChI=1S/C16H16BrNO2S/c1-10-7-8-11-12(15(10)17)5-4-6-13(11)16(21)18(2)9-14(19)20-3/h4-8H,9H2,1-3H3. The fourth-order valence-electron chi connectivity index (χ4n) is 2.15. The van der Waals surface area contributed by atoms with Crippen molar-refractivity contribution in [1.29, 1.82) is 0 Å². The van der Waals surface area contributed by atoms with Gasteiger partial charge in [0.05, 0.1) is 7.11 Å². The van der Waals surface area contributed by atoms with Crippen LogP contribution in [0.2, 0.25) is 0 Å². The van der Waals surface area contributed by atoms with E-state index in [1.165, 1.54) is 12.7 Å². The molecule has 21 heavy (non-hydrogen) atoms. The van der Waals surface area contributed by atoms with Gasteiger partial charge in [-0.25, -0.2) is 0 Å². The number of likely N-dealkylation sites (N-methyl/N-ethyl adjacent to an activating group) is 1. The summed E-state index contributed by atoms with van der Waals surface area (Å²) in [5.74, 6) is -0.308. The lowest BCUT2D eigenvalue weighted by Crippen LogP contribution is -2.32. The molecule has 0 bridgehead atoms. The molecule has 0 aliphatic heterocycles. The van der Waals surface area contributed by atoms with Gasteiger partial charge in [-0.1, -0.05) is 42.5 Å². The largest absolute Gasteiger partial charge is 0.468 e. The Balaban J connectivity index is 2.45. The van der Waals surface area contributed by atoms with Gasteiger partial charge in [0.15, 0.2) is 0 Å². The predicted molar refractivity (Wildman–Crippen MR) is 92.7 cm³/mol. The molecule has 110 valence electrons. The Kier molecular flexibility index (Phi) is 4.96. The molecule has 0 atom stereocenters. The van der Waals surface area contributed by atoms with E-state index in [4.69, 9.17) is 12.2 Å². The Morgan fingerprint density at radius 3 is 2.67 bits per heavy atom. The number of hydrogen-bond donors (Lipinski definition) is 0. The minimum absolute atomic E-state index is 0.138. The lowest BCUT2D eigenvalue weighted by molar-refractivity contribution is -0.140. The van der Waals surface area contributed by atoms with E-state index in [1.54, 1.807) is 11.9 Å². The summed E-state index contributed by atoms with van der Waals surface area (Å²) < 4.78 is 5.75. The molecule has 0 heterocycles. The summed E-state index contributed by atoms with van der Waals surface area (Å²) in [5.41, 5.74) is 2.11. The molecular weight excluding hydrogens is 350 g/mol. The smallest absolute Gasteiger partial charge is 0.325 e. The second-order valence-electron chi connectivity index (χ2n) is 4.83. The van der Waals surface area contributed by atoms with Gasteiger partial charge in [-0.15, -0.1) is 0 Å². The molecule has 0 fully saturated rings. The molecule has 0 aliphatic rings. The fraction of sp³-hybridized carbons (Fsp3) is 0.250. The number of ether oxygens (including phenoxy) is 1. The average Bonchev–Trinajstić information content (AvgIpc) is 2.49. The zero-order valence-corrected chi connectivity index (χ0v) is 14.5. The van der Waals surface area contributed by atoms with Crippen LogP contribution in [0.1, 0.15) is 11.1 Å². The minimum Gasteiger partial charge on any atom is -0.468 e. The highest BCUT2D eigenvalue weighted by Gasteiger charge is 2.15. The third-order valence-electron chi connectivity index (χ3n) is 3.36. The first-order valence-electron chi connectivity index (χ1n) is 6.45. The molecule has 0 saturated heterocycles. The molecule has 0 amide bonds. The van der Waals surface area contributed by atoms with Gasteiger partial charge in [0.1, 0.15) is 11.5 Å². The number of methoxy groups -OCH3 is 1. The number of nitrogens with zero attached hydrogens (tertiary/aromatic N) is 1. The van der Waals surface area contributed by atoms with Gasteiger partial charge in [0, 0.05) is 17.1 Å². The number of benzene rings is 2. The van der Waals surface area contributed by atoms with Crippen LogP contribution in [0, 0.1) is 6.92 Å². The molecule has 0 N–H and O–H groups in total. The highest BCUT2D eigenvalue weighted by Crippen LogP contribution is 2.30. The summed E-state index contributed by atoms with van der Waals surface area (Å²) in [6, 6.07) is 10.1. The third kappa shape index (κ3) is 3.24. The summed E-state index contributed by atoms with van der Waals surface area (Å²) in [7, 11) is 3.17. The first-order valence-corrected chi connectivity index (χ1v) is 7.66. The van der Waals surface area contributed by atoms with Crippen LogP contribution >= 0.6 is 28.1 Å². The molecule has 0 unspecified atom stereocenters. The highest BCUT2D eigenvalue weighted by atomic mass is 79.9. The number of carbonyl (C=O) groups excluding carboxylic acids is 1. The van der Waals surface area contributed by atoms with Gasteiger partial charge < -0.3 is 9.64 Å². The van der Waals surface area contributed by atoms with Crippen LogP contribution in [0.15, 0.2) is 34.8 Å². The normalized spacial score (nSPS) is 10.5. The number of rotatable bonds is 3. The number of halogens is 1. The van der Waals surface area contributed by atoms with E-state index in [0.29, 0.717) is 4.99 Å². The maximum atomic E-state index is 11.4. The fourth-order valence-corrected chi connectivity index (χ4v) is 2.87. The van der Waals surface area contributed by atoms with Crippen LogP contribution in [0.4, 0.5) is 0 Å². The van der Waals surface area contributed by atoms with Gasteiger partial charge in [0.25, 0.3) is 0 Å². The van der Waals surface area contributed by atoms with Crippen molar-refractivity contribution in [2.45, 2.75) is 6.92 Å². The molecule has 2 rings (SSSR count). The molecule has 2 aromatic carbocycles. The second kappa shape index (κ2) is 6.54. The molecule has 2 aromatic rings. The zero-order chi connectivity index (χ0) is 15.6. The maximum Gasteiger partial charge on any atom is 0.325 e. The third-order valence-corrected chi connectivity index (χ3v) is 4.94. The van der Waals surface area contributed by atoms with Crippen LogP contribution in [0.5, 0.6) is 0 Å². The van der Waals surface area contributed by atoms with E-state index < -0.39 is 0 Å². The van der Waals surface area contributed by atoms with Crippen molar-refractivity contribution in [3.05, 3.63) is 45.9 Å². The second-order valence-corrected chi connectivity index (χ2v) is 6.01. The van der Waals surface area contributed by atoms with Crippen molar-refractivity contribution >= 4 is 49.9 Å². The minimum atomic E-state index is -0.308. The van der Waals surface area contributed by atoms with Gasteiger partial charge in [-0.3, -0.25) is 4.79 Å². The van der Waals surface area contributed by atoms with Crippen molar-refractivity contribution < 1.29 is 9.53 Å². The molecule has 5 heteroatoms. The molecule has 0 aliphatic carbocycles. The first kappa shape index (κ1) is 15.9. The van der Waals surface area contributed by atoms with E-state index in [2.05, 4.69) is 45.8 Å². The molecule has 3 nitrogen and oxygen atoms in total. The number of fused-ring (bicyclic) bond motifs is 1. The van der Waals surface area contributed by atoms with Crippen molar-refractivity contribution in [3.8, 4) is 0 Å². The van der Waals surface area contributed by atoms with E-state index in [0.717, 1.165) is 20.8 Å². The van der Waals surface area contributed by atoms with Gasteiger partial charge in [0.2, 0.25) is 0 Å². The number of thiocarbonyl (C=S) groups is 1. The van der Waals surface area contributed by atoms with Crippen molar-refractivity contribution in [2.24, 2.45) is 0 Å². The number of carbonyl (C=O) groups is 1. The van der Waals surface area contributed by atoms with Crippen LogP contribution in [0.3, 0.4) is 0 Å². The average molecular weight is 366 g/mol. The molecular formula is C16H16BrNO2S. The summed E-state index contributed by atoms with van der Waals surface area (Å²) in [6.07, 6.45) is 0. The van der Waals surface area contributed by atoms with Crippen molar-refractivity contribution in [3.63, 3.8) is 0 Å². The molecule has 0 spiro atoms. The molecule has 0 aromatic heterocycles. The predicted octanol–water partition coefficient (Wildman–Crippen LogP) is 3.69. The lowest BCUT2D eigenvalue weighted by atomic mass is 10.0. The van der Waals surface area contributed by atoms with E-state index in [1.807, 2.05) is 12.1 Å². The number of aryl methyl sites for hydroxylation is 1.